The number of halogens is 2. The summed E-state index contributed by atoms with van der Waals surface area (Å²) in [5, 5.41) is 8.75. The Bertz CT molecular complexity index is 1910. The van der Waals surface area contributed by atoms with E-state index in [1.807, 2.05) is 74.5 Å². The van der Waals surface area contributed by atoms with Crippen molar-refractivity contribution in [2.75, 3.05) is 10.6 Å². The number of benzene rings is 5. The van der Waals surface area contributed by atoms with Gasteiger partial charge < -0.3 is 16.0 Å². The molecule has 0 radical (unpaired) electrons. The molecule has 0 aromatic heterocycles. The highest BCUT2D eigenvalue weighted by Gasteiger charge is 2.23. The third-order valence-corrected chi connectivity index (χ3v) is 9.09. The van der Waals surface area contributed by atoms with Gasteiger partial charge in [0.2, 0.25) is 5.91 Å². The van der Waals surface area contributed by atoms with Crippen LogP contribution in [0.1, 0.15) is 37.9 Å². The van der Waals surface area contributed by atoms with E-state index in [1.54, 1.807) is 60.7 Å². The van der Waals surface area contributed by atoms with Crippen LogP contribution in [0.5, 0.6) is 0 Å². The molecular weight excluding hydrogens is 649 g/mol. The first-order valence-electron chi connectivity index (χ1n) is 14.7. The molecule has 0 saturated heterocycles. The van der Waals surface area contributed by atoms with E-state index in [4.69, 9.17) is 23.2 Å². The second-order valence-corrected chi connectivity index (χ2v) is 12.7. The maximum Gasteiger partial charge on any atom is 0.272 e. The predicted octanol–water partition coefficient (Wildman–Crippen LogP) is 9.49. The highest BCUT2D eigenvalue weighted by molar-refractivity contribution is 8.00. The maximum absolute atomic E-state index is 13.6. The van der Waals surface area contributed by atoms with E-state index >= 15 is 0 Å². The molecule has 0 spiro atoms. The summed E-state index contributed by atoms with van der Waals surface area (Å²) in [6.45, 7) is 3.98. The molecule has 9 heteroatoms. The molecule has 5 aromatic rings. The molecule has 0 bridgehead atoms. The predicted molar refractivity (Wildman–Crippen MR) is 193 cm³/mol. The molecule has 236 valence electrons. The fraction of sp³-hybridized carbons (Fsp3) is 0.0789. The van der Waals surface area contributed by atoms with Gasteiger partial charge in [-0.2, -0.15) is 0 Å². The molecule has 0 aliphatic carbocycles. The molecule has 3 amide bonds. The van der Waals surface area contributed by atoms with Gasteiger partial charge >= 0.3 is 0 Å². The number of carbonyl (C=O) groups is 3. The summed E-state index contributed by atoms with van der Waals surface area (Å²) in [4.78, 5) is 40.9. The van der Waals surface area contributed by atoms with Crippen LogP contribution in [0, 0.1) is 13.8 Å². The standard InChI is InChI=1S/C38H31Cl2N3O3S/c1-24-16-21-33(25(2)22-24)42-38(46)35(26-10-5-3-6-11-26)47-29-19-17-28(18-20-29)41-37(45)34(23-30-31(39)14-9-15-32(30)40)43-36(44)27-12-7-4-8-13-27/h3-23,35H,1-2H3,(H,41,45)(H,42,46)(H,43,44)/b34-23-. The average molecular weight is 681 g/mol. The lowest BCUT2D eigenvalue weighted by atomic mass is 10.1. The van der Waals surface area contributed by atoms with Gasteiger partial charge in [0.15, 0.2) is 0 Å². The molecule has 0 aliphatic heterocycles. The highest BCUT2D eigenvalue weighted by atomic mass is 35.5. The van der Waals surface area contributed by atoms with Crippen molar-refractivity contribution in [2.45, 2.75) is 24.0 Å². The summed E-state index contributed by atoms with van der Waals surface area (Å²) in [5.41, 5.74) is 4.95. The molecule has 0 heterocycles. The lowest BCUT2D eigenvalue weighted by molar-refractivity contribution is -0.116. The van der Waals surface area contributed by atoms with Gasteiger partial charge in [0.1, 0.15) is 10.9 Å². The summed E-state index contributed by atoms with van der Waals surface area (Å²) in [7, 11) is 0. The molecule has 1 unspecified atom stereocenters. The van der Waals surface area contributed by atoms with Crippen LogP contribution in [-0.2, 0) is 9.59 Å². The van der Waals surface area contributed by atoms with E-state index in [0.29, 0.717) is 26.9 Å². The zero-order valence-corrected chi connectivity index (χ0v) is 27.9. The first-order valence-corrected chi connectivity index (χ1v) is 16.3. The number of carbonyl (C=O) groups excluding carboxylic acids is 3. The van der Waals surface area contributed by atoms with Crippen molar-refractivity contribution >= 4 is 70.1 Å². The number of anilines is 2. The van der Waals surface area contributed by atoms with Crippen molar-refractivity contribution in [2.24, 2.45) is 0 Å². The van der Waals surface area contributed by atoms with Gasteiger partial charge in [-0.15, -0.1) is 11.8 Å². The normalized spacial score (nSPS) is 11.8. The fourth-order valence-electron chi connectivity index (χ4n) is 4.74. The van der Waals surface area contributed by atoms with Crippen molar-refractivity contribution in [3.63, 3.8) is 0 Å². The van der Waals surface area contributed by atoms with Gasteiger partial charge in [-0.25, -0.2) is 0 Å². The highest BCUT2D eigenvalue weighted by Crippen LogP contribution is 2.37. The summed E-state index contributed by atoms with van der Waals surface area (Å²) in [5.74, 6) is -1.18. The number of hydrogen-bond donors (Lipinski definition) is 3. The zero-order valence-electron chi connectivity index (χ0n) is 25.6. The van der Waals surface area contributed by atoms with Crippen LogP contribution in [-0.4, -0.2) is 17.7 Å². The van der Waals surface area contributed by atoms with Crippen LogP contribution < -0.4 is 16.0 Å². The Morgan fingerprint density at radius 3 is 2.00 bits per heavy atom. The van der Waals surface area contributed by atoms with Crippen LogP contribution in [0.4, 0.5) is 11.4 Å². The number of aryl methyl sites for hydroxylation is 2. The van der Waals surface area contributed by atoms with E-state index in [-0.39, 0.29) is 11.6 Å². The van der Waals surface area contributed by atoms with Gasteiger partial charge in [-0.1, -0.05) is 95.5 Å². The summed E-state index contributed by atoms with van der Waals surface area (Å²) >= 11 is 14.1. The number of nitrogens with one attached hydrogen (secondary N) is 3. The zero-order chi connectivity index (χ0) is 33.3. The monoisotopic (exact) mass is 679 g/mol. The minimum Gasteiger partial charge on any atom is -0.325 e. The topological polar surface area (TPSA) is 87.3 Å². The molecule has 6 nitrogen and oxygen atoms in total. The number of thioether (sulfide) groups is 1. The first-order chi connectivity index (χ1) is 22.7. The molecule has 0 saturated carbocycles. The van der Waals surface area contributed by atoms with Gasteiger partial charge in [0.05, 0.1) is 0 Å². The Balaban J connectivity index is 1.35. The fourth-order valence-corrected chi connectivity index (χ4v) is 6.27. The summed E-state index contributed by atoms with van der Waals surface area (Å²) in [6, 6.07) is 36.2. The molecule has 5 rings (SSSR count). The van der Waals surface area contributed by atoms with Crippen LogP contribution in [0.25, 0.3) is 6.08 Å². The third kappa shape index (κ3) is 8.92. The van der Waals surface area contributed by atoms with E-state index in [9.17, 15) is 14.4 Å². The number of amides is 3. The van der Waals surface area contributed by atoms with Gasteiger partial charge in [-0.05, 0) is 85.6 Å². The van der Waals surface area contributed by atoms with Crippen molar-refractivity contribution in [1.29, 1.82) is 0 Å². The second kappa shape index (κ2) is 15.6. The molecule has 0 fully saturated rings. The Morgan fingerprint density at radius 1 is 0.723 bits per heavy atom. The minimum absolute atomic E-state index is 0.0421. The van der Waals surface area contributed by atoms with E-state index in [2.05, 4.69) is 16.0 Å². The van der Waals surface area contributed by atoms with Gasteiger partial charge in [0.25, 0.3) is 11.8 Å². The largest absolute Gasteiger partial charge is 0.325 e. The van der Waals surface area contributed by atoms with Gasteiger partial charge in [0, 0.05) is 37.4 Å². The number of hydrogen-bond acceptors (Lipinski definition) is 4. The van der Waals surface area contributed by atoms with Crippen molar-refractivity contribution in [3.05, 3.63) is 165 Å². The smallest absolute Gasteiger partial charge is 0.272 e. The SMILES string of the molecule is Cc1ccc(NC(=O)C(Sc2ccc(NC(=O)/C(=C/c3c(Cl)cccc3Cl)NC(=O)c3ccccc3)cc2)c2ccccc2)c(C)c1. The molecule has 1 atom stereocenters. The van der Waals surface area contributed by atoms with Gasteiger partial charge in [-0.3, -0.25) is 14.4 Å². The van der Waals surface area contributed by atoms with Crippen molar-refractivity contribution in [1.82, 2.24) is 5.32 Å². The molecule has 5 aromatic carbocycles. The summed E-state index contributed by atoms with van der Waals surface area (Å²) < 4.78 is 0. The quantitative estimate of drug-likeness (QED) is 0.101. The Labute approximate surface area is 288 Å². The molecular formula is C38H31Cl2N3O3S. The lowest BCUT2D eigenvalue weighted by Crippen LogP contribution is -2.30. The number of rotatable bonds is 10. The van der Waals surface area contributed by atoms with Crippen LogP contribution in [0.15, 0.2) is 132 Å². The summed E-state index contributed by atoms with van der Waals surface area (Å²) in [6.07, 6.45) is 1.45. The Morgan fingerprint density at radius 2 is 1.36 bits per heavy atom. The Hall–Kier alpha value is -4.82. The van der Waals surface area contributed by atoms with Crippen LogP contribution in [0.3, 0.4) is 0 Å². The van der Waals surface area contributed by atoms with Crippen molar-refractivity contribution < 1.29 is 14.4 Å². The molecule has 3 N–H and O–H groups in total. The third-order valence-electron chi connectivity index (χ3n) is 7.16. The molecule has 0 aliphatic rings. The average Bonchev–Trinajstić information content (AvgIpc) is 3.07. The minimum atomic E-state index is -0.569. The van der Waals surface area contributed by atoms with Crippen LogP contribution in [0.2, 0.25) is 10.0 Å². The molecule has 47 heavy (non-hydrogen) atoms. The second-order valence-electron chi connectivity index (χ2n) is 10.7. The van der Waals surface area contributed by atoms with E-state index in [0.717, 1.165) is 27.3 Å². The lowest BCUT2D eigenvalue weighted by Gasteiger charge is -2.18. The maximum atomic E-state index is 13.6. The van der Waals surface area contributed by atoms with E-state index < -0.39 is 17.1 Å². The van der Waals surface area contributed by atoms with Crippen LogP contribution >= 0.6 is 35.0 Å². The van der Waals surface area contributed by atoms with E-state index in [1.165, 1.54) is 17.8 Å². The van der Waals surface area contributed by atoms with Crippen molar-refractivity contribution in [3.8, 4) is 0 Å². The first kappa shape index (κ1) is 33.5. The Kier molecular flexibility index (Phi) is 11.2.